The molecule has 1 aromatic heterocycles. The minimum Gasteiger partial charge on any atom is -0.455 e. The molecule has 12 heteroatoms. The number of hydrogen-bond donors (Lipinski definition) is 1. The maximum absolute atomic E-state index is 13.6. The number of nitrogens with two attached hydrogens (primary N) is 1. The van der Waals surface area contributed by atoms with E-state index in [9.17, 15) is 22.8 Å². The number of benzene rings is 1. The van der Waals surface area contributed by atoms with Crippen LogP contribution in [0.5, 0.6) is 0 Å². The highest BCUT2D eigenvalue weighted by Gasteiger charge is 2.47. The molecule has 0 unspecified atom stereocenters. The van der Waals surface area contributed by atoms with Gasteiger partial charge in [0.1, 0.15) is 17.1 Å². The smallest absolute Gasteiger partial charge is 0.416 e. The molecule has 8 nitrogen and oxygen atoms in total. The molecule has 3 rings (SSSR count). The first-order valence-electron chi connectivity index (χ1n) is 11.3. The fourth-order valence-corrected chi connectivity index (χ4v) is 4.51. The predicted molar refractivity (Wildman–Crippen MR) is 135 cm³/mol. The number of anilines is 1. The fraction of sp³-hybridized carbons (Fsp3) is 0.500. The second-order valence-corrected chi connectivity index (χ2v) is 10.6. The Morgan fingerprint density at radius 3 is 2.47 bits per heavy atom. The highest BCUT2D eigenvalue weighted by molar-refractivity contribution is 14.1. The topological polar surface area (TPSA) is 108 Å². The van der Waals surface area contributed by atoms with Gasteiger partial charge >= 0.3 is 18.2 Å². The van der Waals surface area contributed by atoms with E-state index >= 15 is 0 Å². The van der Waals surface area contributed by atoms with Crippen LogP contribution in [0.1, 0.15) is 80.8 Å². The minimum atomic E-state index is -4.62. The van der Waals surface area contributed by atoms with Crippen molar-refractivity contribution in [3.05, 3.63) is 50.6 Å². The molecule has 2 N–H and O–H groups in total. The molecule has 2 heterocycles. The average Bonchev–Trinajstić information content (AvgIpc) is 2.76. The number of carbonyl (C=O) groups excluding carboxylic acids is 2. The van der Waals surface area contributed by atoms with E-state index < -0.39 is 41.0 Å². The van der Waals surface area contributed by atoms with Crippen molar-refractivity contribution in [3.8, 4) is 0 Å². The molecular formula is C24H28F3IN4O4. The third-order valence-electron chi connectivity index (χ3n) is 5.70. The lowest BCUT2D eigenvalue weighted by Gasteiger charge is -2.46. The maximum atomic E-state index is 13.6. The number of carbonyl (C=O) groups is 2. The van der Waals surface area contributed by atoms with Crippen LogP contribution >= 0.6 is 22.6 Å². The van der Waals surface area contributed by atoms with Crippen molar-refractivity contribution in [1.82, 2.24) is 9.97 Å². The number of amides is 1. The summed E-state index contributed by atoms with van der Waals surface area (Å²) in [5.74, 6) is -1.42. The summed E-state index contributed by atoms with van der Waals surface area (Å²) >= 11 is 1.90. The Morgan fingerprint density at radius 1 is 1.25 bits per heavy atom. The van der Waals surface area contributed by atoms with Crippen molar-refractivity contribution in [1.29, 1.82) is 0 Å². The zero-order chi connectivity index (χ0) is 27.1. The first-order chi connectivity index (χ1) is 16.6. The van der Waals surface area contributed by atoms with E-state index in [1.807, 2.05) is 22.6 Å². The Balaban J connectivity index is 2.22. The van der Waals surface area contributed by atoms with Crippen LogP contribution in [0, 0.1) is 3.57 Å². The molecule has 2 aromatic rings. The van der Waals surface area contributed by atoms with Gasteiger partial charge in [0.15, 0.2) is 5.69 Å². The normalized spacial score (nSPS) is 20.1. The van der Waals surface area contributed by atoms with Crippen LogP contribution in [0.25, 0.3) is 0 Å². The predicted octanol–water partition coefficient (Wildman–Crippen LogP) is 5.62. The van der Waals surface area contributed by atoms with Gasteiger partial charge < -0.3 is 15.2 Å². The first-order valence-corrected chi connectivity index (χ1v) is 12.4. The van der Waals surface area contributed by atoms with Gasteiger partial charge in [-0.3, -0.25) is 4.90 Å². The molecule has 0 fully saturated rings. The molecule has 0 aliphatic carbocycles. The van der Waals surface area contributed by atoms with Crippen molar-refractivity contribution >= 4 is 40.3 Å². The first kappa shape index (κ1) is 28.1. The summed E-state index contributed by atoms with van der Waals surface area (Å²) in [4.78, 5) is 35.6. The summed E-state index contributed by atoms with van der Waals surface area (Å²) in [6.45, 7) is 8.59. The minimum absolute atomic E-state index is 0.00371. The maximum Gasteiger partial charge on any atom is 0.416 e. The van der Waals surface area contributed by atoms with Crippen LogP contribution in [-0.2, 0) is 15.7 Å². The number of ether oxygens (including phenoxy) is 2. The number of nitrogens with zero attached hydrogens (tertiary/aromatic N) is 3. The number of esters is 1. The quantitative estimate of drug-likeness (QED) is 0.350. The third kappa shape index (κ3) is 5.74. The van der Waals surface area contributed by atoms with Crippen molar-refractivity contribution < 1.29 is 32.2 Å². The lowest BCUT2D eigenvalue weighted by atomic mass is 9.80. The third-order valence-corrected chi connectivity index (χ3v) is 6.49. The van der Waals surface area contributed by atoms with Gasteiger partial charge in [0.05, 0.1) is 21.4 Å². The second-order valence-electron chi connectivity index (χ2n) is 9.45. The summed E-state index contributed by atoms with van der Waals surface area (Å²) in [5, 5.41) is 0. The average molecular weight is 620 g/mol. The van der Waals surface area contributed by atoms with Crippen molar-refractivity contribution in [2.24, 2.45) is 5.73 Å². The van der Waals surface area contributed by atoms with Crippen molar-refractivity contribution in [3.63, 3.8) is 0 Å². The van der Waals surface area contributed by atoms with E-state index in [0.29, 0.717) is 3.57 Å². The summed E-state index contributed by atoms with van der Waals surface area (Å²) in [5.41, 5.74) is 4.01. The van der Waals surface area contributed by atoms with Crippen LogP contribution in [0.2, 0.25) is 0 Å². The molecule has 1 aliphatic heterocycles. The molecule has 0 saturated heterocycles. The van der Waals surface area contributed by atoms with Crippen molar-refractivity contribution in [2.75, 3.05) is 11.5 Å². The molecule has 0 radical (unpaired) electrons. The van der Waals surface area contributed by atoms with Crippen molar-refractivity contribution in [2.45, 2.75) is 70.8 Å². The zero-order valence-electron chi connectivity index (χ0n) is 20.6. The number of hydrogen-bond acceptors (Lipinski definition) is 7. The Kier molecular flexibility index (Phi) is 7.89. The van der Waals surface area contributed by atoms with E-state index in [1.54, 1.807) is 34.6 Å². The Hall–Kier alpha value is -2.48. The van der Waals surface area contributed by atoms with Crippen LogP contribution in [0.4, 0.5) is 23.7 Å². The molecule has 2 atom stereocenters. The molecule has 196 valence electrons. The second kappa shape index (κ2) is 10.1. The molecule has 0 spiro atoms. The van der Waals surface area contributed by atoms with E-state index in [-0.39, 0.29) is 42.2 Å². The summed E-state index contributed by atoms with van der Waals surface area (Å²) in [6.07, 6.45) is -3.70. The molecule has 1 amide bonds. The van der Waals surface area contributed by atoms with Crippen LogP contribution in [-0.4, -0.2) is 39.9 Å². The highest BCUT2D eigenvalue weighted by Crippen LogP contribution is 2.47. The van der Waals surface area contributed by atoms with Gasteiger partial charge in [0.25, 0.3) is 0 Å². The van der Waals surface area contributed by atoms with Gasteiger partial charge in [0, 0.05) is 12.1 Å². The van der Waals surface area contributed by atoms with E-state index in [0.717, 1.165) is 12.1 Å². The Labute approximate surface area is 220 Å². The summed E-state index contributed by atoms with van der Waals surface area (Å²) < 4.78 is 52.0. The highest BCUT2D eigenvalue weighted by atomic mass is 127. The van der Waals surface area contributed by atoms with Gasteiger partial charge in [-0.15, -0.1) is 0 Å². The van der Waals surface area contributed by atoms with Crippen LogP contribution in [0.15, 0.2) is 24.4 Å². The number of rotatable bonds is 4. The number of fused-ring (bicyclic) bond motifs is 1. The van der Waals surface area contributed by atoms with Gasteiger partial charge in [-0.2, -0.15) is 13.2 Å². The van der Waals surface area contributed by atoms with E-state index in [2.05, 4.69) is 9.97 Å². The lowest BCUT2D eigenvalue weighted by Crippen LogP contribution is -2.61. The molecule has 0 bridgehead atoms. The monoisotopic (exact) mass is 620 g/mol. The number of alkyl halides is 3. The molecule has 36 heavy (non-hydrogen) atoms. The SMILES string of the molecule is CCOC(=O)N1c2ccc(C(F)(F)F)cc2[C@@H](c2ncc(I)c(C(=O)OC(C)(C)C)n2)C[C@@]1(N)CC. The lowest BCUT2D eigenvalue weighted by molar-refractivity contribution is -0.137. The largest absolute Gasteiger partial charge is 0.455 e. The zero-order valence-corrected chi connectivity index (χ0v) is 22.7. The number of halogens is 4. The van der Waals surface area contributed by atoms with Gasteiger partial charge in [0.2, 0.25) is 0 Å². The standard InChI is InChI=1S/C24H28F3IN4O4/c1-6-23(29)11-15(19-30-12-16(28)18(31-19)20(33)36-22(3,4)5)14-10-13(24(25,26)27)8-9-17(14)32(23)21(34)35-7-2/h8-10,12,15H,6-7,11,29H2,1-5H3/t15-,23+/m0/s1. The Bertz CT molecular complexity index is 1170. The molecule has 1 aromatic carbocycles. The van der Waals surface area contributed by atoms with Gasteiger partial charge in [-0.05, 0) is 86.9 Å². The van der Waals surface area contributed by atoms with E-state index in [1.165, 1.54) is 17.2 Å². The van der Waals surface area contributed by atoms with E-state index in [4.69, 9.17) is 15.2 Å². The number of aromatic nitrogens is 2. The summed E-state index contributed by atoms with van der Waals surface area (Å²) in [7, 11) is 0. The molecule has 0 saturated carbocycles. The summed E-state index contributed by atoms with van der Waals surface area (Å²) in [6, 6.07) is 3.07. The Morgan fingerprint density at radius 2 is 1.92 bits per heavy atom. The molecular weight excluding hydrogens is 592 g/mol. The van der Waals surface area contributed by atoms with Crippen LogP contribution in [0.3, 0.4) is 0 Å². The van der Waals surface area contributed by atoms with Gasteiger partial charge in [-0.1, -0.05) is 6.92 Å². The van der Waals surface area contributed by atoms with Crippen LogP contribution < -0.4 is 10.6 Å². The molecule has 1 aliphatic rings. The van der Waals surface area contributed by atoms with Gasteiger partial charge in [-0.25, -0.2) is 19.6 Å². The fourth-order valence-electron chi connectivity index (χ4n) is 4.03.